The van der Waals surface area contributed by atoms with Crippen LogP contribution in [0, 0.1) is 0 Å². The van der Waals surface area contributed by atoms with E-state index in [-0.39, 0.29) is 23.0 Å². The van der Waals surface area contributed by atoms with E-state index in [1.54, 1.807) is 37.3 Å². The zero-order chi connectivity index (χ0) is 21.4. The largest absolute Gasteiger partial charge is 0.452 e. The third kappa shape index (κ3) is 5.80. The second-order valence-electron chi connectivity index (χ2n) is 6.49. The lowest BCUT2D eigenvalue weighted by Gasteiger charge is -2.23. The maximum atomic E-state index is 13.1. The third-order valence-electron chi connectivity index (χ3n) is 4.34. The standard InChI is InChI=1S/C21H26N2O5S/c1-4-16(3)22-20(24)15-28-21(25)17-10-9-13-19(14-17)29(26,27)23(5-2)18-11-7-6-8-12-18/h6-14,16H,4-5,15H2,1-3H3,(H,22,24)/t16-/m1/s1. The van der Waals surface area contributed by atoms with Crippen molar-refractivity contribution < 1.29 is 22.7 Å². The van der Waals surface area contributed by atoms with Crippen LogP contribution in [0.3, 0.4) is 0 Å². The predicted octanol–water partition coefficient (Wildman–Crippen LogP) is 2.97. The number of anilines is 1. The van der Waals surface area contributed by atoms with Gasteiger partial charge in [-0.25, -0.2) is 13.2 Å². The molecule has 1 N–H and O–H groups in total. The minimum atomic E-state index is -3.86. The molecule has 156 valence electrons. The highest BCUT2D eigenvalue weighted by Gasteiger charge is 2.24. The highest BCUT2D eigenvalue weighted by molar-refractivity contribution is 7.92. The van der Waals surface area contributed by atoms with Gasteiger partial charge in [0.05, 0.1) is 16.1 Å². The number of sulfonamides is 1. The monoisotopic (exact) mass is 418 g/mol. The molecule has 7 nitrogen and oxygen atoms in total. The smallest absolute Gasteiger partial charge is 0.338 e. The summed E-state index contributed by atoms with van der Waals surface area (Å²) in [6.45, 7) is 5.32. The summed E-state index contributed by atoms with van der Waals surface area (Å²) in [6, 6.07) is 14.3. The molecule has 29 heavy (non-hydrogen) atoms. The second-order valence-corrected chi connectivity index (χ2v) is 8.35. The molecule has 0 heterocycles. The lowest BCUT2D eigenvalue weighted by atomic mass is 10.2. The molecule has 0 aromatic heterocycles. The van der Waals surface area contributed by atoms with Gasteiger partial charge in [0.2, 0.25) is 0 Å². The summed E-state index contributed by atoms with van der Waals surface area (Å²) >= 11 is 0. The van der Waals surface area contributed by atoms with Gasteiger partial charge in [0.15, 0.2) is 6.61 Å². The molecule has 0 aliphatic heterocycles. The SMILES string of the molecule is CC[C@@H](C)NC(=O)COC(=O)c1cccc(S(=O)(=O)N(CC)c2ccccc2)c1. The Morgan fingerprint density at radius 3 is 2.38 bits per heavy atom. The highest BCUT2D eigenvalue weighted by atomic mass is 32.2. The summed E-state index contributed by atoms with van der Waals surface area (Å²) in [7, 11) is -3.86. The number of nitrogens with zero attached hydrogens (tertiary/aromatic N) is 1. The Bertz CT molecular complexity index is 945. The number of ether oxygens (including phenoxy) is 1. The molecule has 0 fully saturated rings. The molecule has 2 rings (SSSR count). The number of amides is 1. The number of carbonyl (C=O) groups is 2. The average Bonchev–Trinajstić information content (AvgIpc) is 2.73. The van der Waals surface area contributed by atoms with Crippen molar-refractivity contribution in [2.24, 2.45) is 0 Å². The van der Waals surface area contributed by atoms with Crippen molar-refractivity contribution >= 4 is 27.6 Å². The fourth-order valence-corrected chi connectivity index (χ4v) is 4.15. The maximum absolute atomic E-state index is 13.1. The summed E-state index contributed by atoms with van der Waals surface area (Å²) in [5.74, 6) is -1.16. The van der Waals surface area contributed by atoms with Crippen molar-refractivity contribution in [1.29, 1.82) is 0 Å². The highest BCUT2D eigenvalue weighted by Crippen LogP contribution is 2.24. The fraction of sp³-hybridized carbons (Fsp3) is 0.333. The lowest BCUT2D eigenvalue weighted by molar-refractivity contribution is -0.124. The molecular weight excluding hydrogens is 392 g/mol. The van der Waals surface area contributed by atoms with Gasteiger partial charge in [-0.05, 0) is 50.6 Å². The first-order chi connectivity index (χ1) is 13.8. The molecular formula is C21H26N2O5S. The van der Waals surface area contributed by atoms with Crippen LogP contribution >= 0.6 is 0 Å². The molecule has 8 heteroatoms. The van der Waals surface area contributed by atoms with Crippen LogP contribution in [0.2, 0.25) is 0 Å². The lowest BCUT2D eigenvalue weighted by Crippen LogP contribution is -2.35. The zero-order valence-electron chi connectivity index (χ0n) is 16.8. The van der Waals surface area contributed by atoms with E-state index >= 15 is 0 Å². The first-order valence-electron chi connectivity index (χ1n) is 9.44. The predicted molar refractivity (Wildman–Crippen MR) is 111 cm³/mol. The van der Waals surface area contributed by atoms with Crippen LogP contribution in [-0.2, 0) is 19.6 Å². The van der Waals surface area contributed by atoms with Crippen molar-refractivity contribution in [3.05, 3.63) is 60.2 Å². The van der Waals surface area contributed by atoms with Crippen molar-refractivity contribution in [2.45, 2.75) is 38.1 Å². The van der Waals surface area contributed by atoms with Crippen LogP contribution in [0.15, 0.2) is 59.5 Å². The van der Waals surface area contributed by atoms with Crippen LogP contribution in [-0.4, -0.2) is 39.5 Å². The van der Waals surface area contributed by atoms with E-state index in [1.165, 1.54) is 28.6 Å². The molecule has 0 saturated carbocycles. The van der Waals surface area contributed by atoms with Gasteiger partial charge in [-0.1, -0.05) is 31.2 Å². The first-order valence-corrected chi connectivity index (χ1v) is 10.9. The number of nitrogens with one attached hydrogen (secondary N) is 1. The molecule has 1 amide bonds. The van der Waals surface area contributed by atoms with E-state index in [2.05, 4.69) is 5.32 Å². The Morgan fingerprint density at radius 2 is 1.76 bits per heavy atom. The van der Waals surface area contributed by atoms with Crippen LogP contribution in [0.4, 0.5) is 5.69 Å². The first kappa shape index (κ1) is 22.4. The summed E-state index contributed by atoms with van der Waals surface area (Å²) in [5, 5.41) is 2.69. The Morgan fingerprint density at radius 1 is 1.07 bits per heavy atom. The van der Waals surface area contributed by atoms with Gasteiger partial charge in [0, 0.05) is 12.6 Å². The number of esters is 1. The van der Waals surface area contributed by atoms with Crippen LogP contribution in [0.1, 0.15) is 37.6 Å². The van der Waals surface area contributed by atoms with Gasteiger partial charge in [0.25, 0.3) is 15.9 Å². The summed E-state index contributed by atoms with van der Waals surface area (Å²) in [4.78, 5) is 24.0. The van der Waals surface area contributed by atoms with Gasteiger partial charge < -0.3 is 10.1 Å². The topological polar surface area (TPSA) is 92.8 Å². The van der Waals surface area contributed by atoms with Crippen molar-refractivity contribution in [3.63, 3.8) is 0 Å². The molecule has 2 aromatic carbocycles. The third-order valence-corrected chi connectivity index (χ3v) is 6.24. The normalized spacial score (nSPS) is 12.1. The van der Waals surface area contributed by atoms with E-state index in [1.807, 2.05) is 13.8 Å². The molecule has 0 aliphatic rings. The number of carbonyl (C=O) groups excluding carboxylic acids is 2. The number of benzene rings is 2. The van der Waals surface area contributed by atoms with Crippen molar-refractivity contribution in [2.75, 3.05) is 17.5 Å². The maximum Gasteiger partial charge on any atom is 0.338 e. The Balaban J connectivity index is 2.17. The number of hydrogen-bond acceptors (Lipinski definition) is 5. The van der Waals surface area contributed by atoms with Crippen molar-refractivity contribution in [3.8, 4) is 0 Å². The number of rotatable bonds is 9. The van der Waals surface area contributed by atoms with E-state index in [0.29, 0.717) is 5.69 Å². The van der Waals surface area contributed by atoms with E-state index < -0.39 is 28.5 Å². The minimum Gasteiger partial charge on any atom is -0.452 e. The summed E-state index contributed by atoms with van der Waals surface area (Å²) in [6.07, 6.45) is 0.759. The summed E-state index contributed by atoms with van der Waals surface area (Å²) < 4.78 is 32.4. The van der Waals surface area contributed by atoms with E-state index in [0.717, 1.165) is 6.42 Å². The van der Waals surface area contributed by atoms with E-state index in [4.69, 9.17) is 4.74 Å². The number of hydrogen-bond donors (Lipinski definition) is 1. The van der Waals surface area contributed by atoms with Gasteiger partial charge in [-0.15, -0.1) is 0 Å². The van der Waals surface area contributed by atoms with Crippen molar-refractivity contribution in [1.82, 2.24) is 5.32 Å². The number of para-hydroxylation sites is 1. The van der Waals surface area contributed by atoms with E-state index in [9.17, 15) is 18.0 Å². The molecule has 1 atom stereocenters. The minimum absolute atomic E-state index is 0.0207. The Kier molecular flexibility index (Phi) is 7.78. The average molecular weight is 419 g/mol. The molecule has 0 radical (unpaired) electrons. The molecule has 0 bridgehead atoms. The quantitative estimate of drug-likeness (QED) is 0.632. The molecule has 2 aromatic rings. The van der Waals surface area contributed by atoms with Crippen LogP contribution in [0.25, 0.3) is 0 Å². The van der Waals surface area contributed by atoms with Gasteiger partial charge in [0.1, 0.15) is 0 Å². The van der Waals surface area contributed by atoms with Gasteiger partial charge >= 0.3 is 5.97 Å². The molecule has 0 aliphatic carbocycles. The fourth-order valence-electron chi connectivity index (χ4n) is 2.63. The van der Waals surface area contributed by atoms with Gasteiger partial charge in [-0.2, -0.15) is 0 Å². The Labute approximate surface area is 171 Å². The molecule has 0 unspecified atom stereocenters. The molecule has 0 spiro atoms. The zero-order valence-corrected chi connectivity index (χ0v) is 17.6. The summed E-state index contributed by atoms with van der Waals surface area (Å²) in [5.41, 5.74) is 0.594. The molecule has 0 saturated heterocycles. The second kappa shape index (κ2) is 10.1. The van der Waals surface area contributed by atoms with Crippen LogP contribution in [0.5, 0.6) is 0 Å². The van der Waals surface area contributed by atoms with Gasteiger partial charge in [-0.3, -0.25) is 9.10 Å². The Hall–Kier alpha value is -2.87. The van der Waals surface area contributed by atoms with Crippen LogP contribution < -0.4 is 9.62 Å².